The molecule has 2 spiro atoms. The summed E-state index contributed by atoms with van der Waals surface area (Å²) < 4.78 is 116. The smallest absolute Gasteiger partial charge is 0.449 e. The summed E-state index contributed by atoms with van der Waals surface area (Å²) in [5.41, 5.74) is -2.45. The van der Waals surface area contributed by atoms with Gasteiger partial charge in [0.05, 0.1) is 13.2 Å². The van der Waals surface area contributed by atoms with Crippen LogP contribution in [0.2, 0.25) is 0 Å². The fourth-order valence-electron chi connectivity index (χ4n) is 10.3. The van der Waals surface area contributed by atoms with Crippen molar-refractivity contribution >= 4 is 11.8 Å². The average molecular weight is 743 g/mol. The number of hydrogen-bond acceptors (Lipinski definition) is 10. The van der Waals surface area contributed by atoms with Crippen molar-refractivity contribution in [1.82, 2.24) is 0 Å². The molecule has 2 unspecified atom stereocenters. The Bertz CT molecular complexity index is 1320. The predicted octanol–water partition coefficient (Wildman–Crippen LogP) is 7.86. The van der Waals surface area contributed by atoms with Crippen LogP contribution in [0.1, 0.15) is 79.1 Å². The standard InChI is InChI=1S/C34H44F6O9S/c1-17-5-7-23-19(25(33(35,36)37)42-27-31(23)21(17)9-11-29(3,44-27)46-48-31)15-41-13-14-50-16-20-24-8-6-18(2)22-10-12-30(4)45-28(32(22,24)49-47-30)43-26(20)34(38,39)40/h17-18,21-24,27-28H,5-16H2,1-4H3/t17-,18-,21?,22?,23+,24+,27-,28-,29-,30+,31-,32-/m1/s1. The lowest BCUT2D eigenvalue weighted by atomic mass is 9.59. The molecule has 282 valence electrons. The zero-order chi connectivity index (χ0) is 35.5. The summed E-state index contributed by atoms with van der Waals surface area (Å²) in [5, 5.41) is 0. The molecule has 0 aromatic rings. The Morgan fingerprint density at radius 2 is 1.16 bits per heavy atom. The monoisotopic (exact) mass is 742 g/mol. The fourth-order valence-corrected chi connectivity index (χ4v) is 11.2. The lowest BCUT2D eigenvalue weighted by Gasteiger charge is -2.57. The Morgan fingerprint density at radius 3 is 1.66 bits per heavy atom. The van der Waals surface area contributed by atoms with E-state index >= 15 is 0 Å². The van der Waals surface area contributed by atoms with Crippen molar-refractivity contribution < 1.29 is 69.6 Å². The minimum atomic E-state index is -4.80. The van der Waals surface area contributed by atoms with Gasteiger partial charge in [0.1, 0.15) is 0 Å². The van der Waals surface area contributed by atoms with Gasteiger partial charge in [0.2, 0.25) is 35.7 Å². The molecule has 2 aliphatic carbocycles. The molecule has 8 aliphatic heterocycles. The highest BCUT2D eigenvalue weighted by Gasteiger charge is 2.71. The van der Waals surface area contributed by atoms with Gasteiger partial charge in [-0.25, -0.2) is 19.6 Å². The summed E-state index contributed by atoms with van der Waals surface area (Å²) >= 11 is 1.20. The predicted molar refractivity (Wildman–Crippen MR) is 162 cm³/mol. The van der Waals surface area contributed by atoms with Crippen LogP contribution >= 0.6 is 11.8 Å². The fraction of sp³-hybridized carbons (Fsp3) is 0.882. The SMILES string of the molecule is C[C@@H]1CC[C@H]2C(COCCSCC3=C(C(F)(F)F)O[C@@H]4O[C@]5(C)CCC6[C@H](C)CC[C@@H]3[C@]64OO5)=C(C(F)(F)F)O[C@@H]3O[C@@]4(C)CCC1[C@]32OO4. The van der Waals surface area contributed by atoms with Crippen LogP contribution in [-0.2, 0) is 43.2 Å². The largest absolute Gasteiger partial charge is 0.456 e. The van der Waals surface area contributed by atoms with Gasteiger partial charge >= 0.3 is 12.4 Å². The van der Waals surface area contributed by atoms with Crippen molar-refractivity contribution in [2.75, 3.05) is 24.7 Å². The third kappa shape index (κ3) is 5.46. The molecule has 10 aliphatic rings. The molecule has 12 atom stereocenters. The van der Waals surface area contributed by atoms with Gasteiger partial charge in [0, 0.05) is 53.6 Å². The van der Waals surface area contributed by atoms with Gasteiger partial charge in [-0.15, -0.1) is 0 Å². The Kier molecular flexibility index (Phi) is 8.67. The number of hydrogen-bond donors (Lipinski definition) is 0. The molecular formula is C34H44F6O9S. The molecule has 0 aromatic carbocycles. The molecule has 4 bridgehead atoms. The van der Waals surface area contributed by atoms with Crippen molar-refractivity contribution in [2.24, 2.45) is 35.5 Å². The number of halogens is 6. The Morgan fingerprint density at radius 1 is 0.680 bits per heavy atom. The van der Waals surface area contributed by atoms with E-state index in [0.29, 0.717) is 51.4 Å². The molecule has 8 heterocycles. The molecule has 9 nitrogen and oxygen atoms in total. The molecule has 16 heteroatoms. The van der Waals surface area contributed by atoms with Gasteiger partial charge in [0.25, 0.3) is 0 Å². The second kappa shape index (κ2) is 12.1. The van der Waals surface area contributed by atoms with E-state index in [9.17, 15) is 26.3 Å². The first-order valence-corrected chi connectivity index (χ1v) is 18.8. The Hall–Kier alpha value is -1.27. The van der Waals surface area contributed by atoms with Crippen molar-refractivity contribution in [3.8, 4) is 0 Å². The topological polar surface area (TPSA) is 83.1 Å². The van der Waals surface area contributed by atoms with Gasteiger partial charge < -0.3 is 23.7 Å². The summed E-state index contributed by atoms with van der Waals surface area (Å²) in [6, 6.07) is 0. The summed E-state index contributed by atoms with van der Waals surface area (Å²) in [6.45, 7) is 7.03. The molecule has 50 heavy (non-hydrogen) atoms. The maximum Gasteiger partial charge on any atom is 0.449 e. The summed E-state index contributed by atoms with van der Waals surface area (Å²) in [6.07, 6.45) is -7.65. The number of allylic oxidation sites excluding steroid dienone is 2. The highest BCUT2D eigenvalue weighted by Crippen LogP contribution is 2.63. The Balaban J connectivity index is 0.987. The van der Waals surface area contributed by atoms with Crippen LogP contribution in [0, 0.1) is 35.5 Å². The molecule has 8 fully saturated rings. The first-order chi connectivity index (χ1) is 23.5. The normalized spacial score (nSPS) is 46.8. The van der Waals surface area contributed by atoms with Crippen LogP contribution in [0.4, 0.5) is 26.3 Å². The van der Waals surface area contributed by atoms with E-state index in [1.165, 1.54) is 11.8 Å². The van der Waals surface area contributed by atoms with Gasteiger partial charge in [0.15, 0.2) is 11.2 Å². The lowest BCUT2D eigenvalue weighted by molar-refractivity contribution is -0.558. The van der Waals surface area contributed by atoms with E-state index in [-0.39, 0.29) is 59.5 Å². The number of fused-ring (bicyclic) bond motifs is 4. The van der Waals surface area contributed by atoms with Crippen molar-refractivity contribution in [3.05, 3.63) is 22.7 Å². The zero-order valence-corrected chi connectivity index (χ0v) is 29.3. The van der Waals surface area contributed by atoms with Gasteiger partial charge in [-0.2, -0.15) is 38.1 Å². The number of alkyl halides is 6. The quantitative estimate of drug-likeness (QED) is 0.146. The van der Waals surface area contributed by atoms with E-state index in [0.717, 1.165) is 0 Å². The molecule has 6 saturated heterocycles. The average Bonchev–Trinajstić information content (AvgIpc) is 3.41. The molecular weight excluding hydrogens is 698 g/mol. The number of thioether (sulfide) groups is 1. The molecule has 0 aromatic heterocycles. The van der Waals surface area contributed by atoms with Crippen LogP contribution < -0.4 is 0 Å². The van der Waals surface area contributed by atoms with Gasteiger partial charge in [-0.05, 0) is 69.8 Å². The van der Waals surface area contributed by atoms with Crippen LogP contribution in [0.3, 0.4) is 0 Å². The van der Waals surface area contributed by atoms with Crippen molar-refractivity contribution in [3.63, 3.8) is 0 Å². The second-order valence-electron chi connectivity index (χ2n) is 15.8. The molecule has 0 N–H and O–H groups in total. The molecule has 0 radical (unpaired) electrons. The van der Waals surface area contributed by atoms with E-state index in [1.54, 1.807) is 13.8 Å². The summed E-state index contributed by atoms with van der Waals surface area (Å²) in [5.74, 6) is -5.79. The number of ether oxygens (including phenoxy) is 5. The minimum absolute atomic E-state index is 0.0110. The maximum absolute atomic E-state index is 14.5. The van der Waals surface area contributed by atoms with Crippen LogP contribution in [-0.4, -0.2) is 72.4 Å². The second-order valence-corrected chi connectivity index (χ2v) is 16.9. The number of rotatable bonds is 7. The van der Waals surface area contributed by atoms with E-state index in [4.69, 9.17) is 43.2 Å². The Labute approximate surface area is 290 Å². The van der Waals surface area contributed by atoms with E-state index in [1.807, 2.05) is 0 Å². The van der Waals surface area contributed by atoms with Crippen LogP contribution in [0.25, 0.3) is 0 Å². The maximum atomic E-state index is 14.5. The summed E-state index contributed by atoms with van der Waals surface area (Å²) in [7, 11) is 0. The van der Waals surface area contributed by atoms with Crippen LogP contribution in [0.15, 0.2) is 22.7 Å². The third-order valence-electron chi connectivity index (χ3n) is 12.7. The minimum Gasteiger partial charge on any atom is -0.456 e. The van der Waals surface area contributed by atoms with Crippen molar-refractivity contribution in [2.45, 2.75) is 127 Å². The zero-order valence-electron chi connectivity index (χ0n) is 28.5. The highest BCUT2D eigenvalue weighted by molar-refractivity contribution is 7.99. The molecule has 2 saturated carbocycles. The molecule has 10 rings (SSSR count). The lowest BCUT2D eigenvalue weighted by Crippen LogP contribution is -2.67. The van der Waals surface area contributed by atoms with Crippen LogP contribution in [0.5, 0.6) is 0 Å². The summed E-state index contributed by atoms with van der Waals surface area (Å²) in [4.78, 5) is 23.5. The first kappa shape index (κ1) is 35.7. The van der Waals surface area contributed by atoms with E-state index < -0.39 is 71.1 Å². The van der Waals surface area contributed by atoms with Gasteiger partial charge in [-0.1, -0.05) is 13.8 Å². The third-order valence-corrected chi connectivity index (χ3v) is 13.7. The van der Waals surface area contributed by atoms with Crippen molar-refractivity contribution in [1.29, 1.82) is 0 Å². The molecule has 0 amide bonds. The first-order valence-electron chi connectivity index (χ1n) is 17.7. The highest BCUT2D eigenvalue weighted by atomic mass is 32.2. The van der Waals surface area contributed by atoms with E-state index in [2.05, 4.69) is 13.8 Å². The van der Waals surface area contributed by atoms with Gasteiger partial charge in [-0.3, -0.25) is 0 Å².